The highest BCUT2D eigenvalue weighted by Gasteiger charge is 2.21. The molecule has 1 aromatic rings. The minimum atomic E-state index is -3.32. The van der Waals surface area contributed by atoms with E-state index in [1.807, 2.05) is 13.8 Å². The average Bonchev–Trinajstić information content (AvgIpc) is 2.48. The molecule has 0 bridgehead atoms. The quantitative estimate of drug-likeness (QED) is 0.838. The molecule has 1 rings (SSSR count). The summed E-state index contributed by atoms with van der Waals surface area (Å²) in [7, 11) is -3.32. The van der Waals surface area contributed by atoms with Crippen LogP contribution in [-0.4, -0.2) is 44.1 Å². The van der Waals surface area contributed by atoms with Gasteiger partial charge in [-0.15, -0.1) is 0 Å². The summed E-state index contributed by atoms with van der Waals surface area (Å²) in [5.74, 6) is -0.00643. The fourth-order valence-electron chi connectivity index (χ4n) is 2.12. The van der Waals surface area contributed by atoms with Gasteiger partial charge in [-0.3, -0.25) is 4.79 Å². The molecular weight excluding hydrogens is 288 g/mol. The maximum absolute atomic E-state index is 12.3. The van der Waals surface area contributed by atoms with Crippen LogP contribution in [0.4, 0.5) is 5.69 Å². The summed E-state index contributed by atoms with van der Waals surface area (Å²) in [4.78, 5) is 14.2. The van der Waals surface area contributed by atoms with E-state index in [1.165, 1.54) is 0 Å². The van der Waals surface area contributed by atoms with Crippen LogP contribution < -0.4 is 5.32 Å². The molecule has 6 heteroatoms. The average molecular weight is 312 g/mol. The van der Waals surface area contributed by atoms with Crippen molar-refractivity contribution in [1.29, 1.82) is 0 Å². The van der Waals surface area contributed by atoms with Gasteiger partial charge in [-0.05, 0) is 32.9 Å². The molecule has 0 heterocycles. The van der Waals surface area contributed by atoms with Gasteiger partial charge in [-0.2, -0.15) is 0 Å². The topological polar surface area (TPSA) is 66.5 Å². The van der Waals surface area contributed by atoms with Crippen LogP contribution in [0, 0.1) is 0 Å². The largest absolute Gasteiger partial charge is 0.373 e. The summed E-state index contributed by atoms with van der Waals surface area (Å²) in [5, 5.41) is 3.03. The molecule has 0 fully saturated rings. The summed E-state index contributed by atoms with van der Waals surface area (Å²) in [5.41, 5.74) is 0.479. The molecule has 118 valence electrons. The predicted molar refractivity (Wildman–Crippen MR) is 85.2 cm³/mol. The van der Waals surface area contributed by atoms with Gasteiger partial charge in [-0.25, -0.2) is 8.42 Å². The zero-order valence-electron chi connectivity index (χ0n) is 13.1. The van der Waals surface area contributed by atoms with Crippen molar-refractivity contribution in [2.24, 2.45) is 0 Å². The number of hydrogen-bond donors (Lipinski definition) is 1. The summed E-state index contributed by atoms with van der Waals surface area (Å²) >= 11 is 0. The molecule has 1 aromatic carbocycles. The minimum absolute atomic E-state index is 0.0318. The van der Waals surface area contributed by atoms with Gasteiger partial charge in [0.25, 0.3) is 0 Å². The number of sulfone groups is 1. The Hall–Kier alpha value is -1.56. The van der Waals surface area contributed by atoms with Crippen molar-refractivity contribution in [3.8, 4) is 0 Å². The highest BCUT2D eigenvalue weighted by atomic mass is 32.2. The number of amides is 1. The van der Waals surface area contributed by atoms with Crippen molar-refractivity contribution in [2.75, 3.05) is 24.2 Å². The molecule has 0 radical (unpaired) electrons. The van der Waals surface area contributed by atoms with E-state index in [0.717, 1.165) is 0 Å². The highest BCUT2D eigenvalue weighted by Crippen LogP contribution is 2.23. The van der Waals surface area contributed by atoms with Crippen molar-refractivity contribution in [2.45, 2.75) is 38.6 Å². The van der Waals surface area contributed by atoms with E-state index in [9.17, 15) is 13.2 Å². The van der Waals surface area contributed by atoms with E-state index in [0.29, 0.717) is 18.8 Å². The zero-order valence-corrected chi connectivity index (χ0v) is 13.9. The van der Waals surface area contributed by atoms with Gasteiger partial charge < -0.3 is 10.2 Å². The Kier molecular flexibility index (Phi) is 6.20. The van der Waals surface area contributed by atoms with Gasteiger partial charge in [0.15, 0.2) is 9.84 Å². The smallest absolute Gasteiger partial charge is 0.244 e. The number of likely N-dealkylation sites (N-methyl/N-ethyl adjacent to an activating group) is 1. The van der Waals surface area contributed by atoms with E-state index >= 15 is 0 Å². The van der Waals surface area contributed by atoms with E-state index < -0.39 is 15.9 Å². The van der Waals surface area contributed by atoms with Crippen molar-refractivity contribution < 1.29 is 13.2 Å². The standard InChI is InChI=1S/C15H24N2O3S/c1-5-17(6-2)15(18)12(4)16-13-10-8-9-11-14(13)21(19,20)7-3/h8-12,16H,5-7H2,1-4H3. The second kappa shape index (κ2) is 7.45. The first-order chi connectivity index (χ1) is 9.87. The lowest BCUT2D eigenvalue weighted by Crippen LogP contribution is -2.41. The summed E-state index contributed by atoms with van der Waals surface area (Å²) < 4.78 is 24.2. The normalized spacial score (nSPS) is 12.8. The van der Waals surface area contributed by atoms with Crippen molar-refractivity contribution in [3.05, 3.63) is 24.3 Å². The van der Waals surface area contributed by atoms with Crippen LogP contribution in [-0.2, 0) is 14.6 Å². The Morgan fingerprint density at radius 1 is 1.19 bits per heavy atom. The maximum atomic E-state index is 12.3. The van der Waals surface area contributed by atoms with E-state index in [4.69, 9.17) is 0 Å². The fourth-order valence-corrected chi connectivity index (χ4v) is 3.18. The Balaban J connectivity index is 3.01. The number of carbonyl (C=O) groups excluding carboxylic acids is 1. The third-order valence-corrected chi connectivity index (χ3v) is 5.21. The highest BCUT2D eigenvalue weighted by molar-refractivity contribution is 7.91. The number of nitrogens with zero attached hydrogens (tertiary/aromatic N) is 1. The van der Waals surface area contributed by atoms with Gasteiger partial charge in [0.05, 0.1) is 16.3 Å². The van der Waals surface area contributed by atoms with Crippen molar-refractivity contribution >= 4 is 21.4 Å². The van der Waals surface area contributed by atoms with Crippen LogP contribution in [0.3, 0.4) is 0 Å². The lowest BCUT2D eigenvalue weighted by Gasteiger charge is -2.24. The number of nitrogens with one attached hydrogen (secondary N) is 1. The number of benzene rings is 1. The van der Waals surface area contributed by atoms with Gasteiger partial charge in [0.2, 0.25) is 5.91 Å². The molecule has 0 aliphatic rings. The Morgan fingerprint density at radius 2 is 1.76 bits per heavy atom. The van der Waals surface area contributed by atoms with Gasteiger partial charge >= 0.3 is 0 Å². The Morgan fingerprint density at radius 3 is 2.29 bits per heavy atom. The van der Waals surface area contributed by atoms with Gasteiger partial charge in [-0.1, -0.05) is 19.1 Å². The molecule has 0 aromatic heterocycles. The second-order valence-electron chi connectivity index (χ2n) is 4.78. The summed E-state index contributed by atoms with van der Waals surface area (Å²) in [6.07, 6.45) is 0. The molecule has 0 saturated heterocycles. The van der Waals surface area contributed by atoms with Crippen LogP contribution in [0.5, 0.6) is 0 Å². The molecule has 1 amide bonds. The molecule has 0 aliphatic heterocycles. The lowest BCUT2D eigenvalue weighted by atomic mass is 10.2. The lowest BCUT2D eigenvalue weighted by molar-refractivity contribution is -0.131. The van der Waals surface area contributed by atoms with Crippen LogP contribution in [0.15, 0.2) is 29.2 Å². The van der Waals surface area contributed by atoms with Crippen LogP contribution in [0.2, 0.25) is 0 Å². The molecule has 0 aliphatic carbocycles. The monoisotopic (exact) mass is 312 g/mol. The predicted octanol–water partition coefficient (Wildman–Crippen LogP) is 2.15. The molecule has 1 unspecified atom stereocenters. The second-order valence-corrected chi connectivity index (χ2v) is 7.02. The van der Waals surface area contributed by atoms with E-state index in [-0.39, 0.29) is 16.6 Å². The van der Waals surface area contributed by atoms with Crippen molar-refractivity contribution in [1.82, 2.24) is 4.90 Å². The van der Waals surface area contributed by atoms with E-state index in [2.05, 4.69) is 5.32 Å². The molecular formula is C15H24N2O3S. The molecule has 0 spiro atoms. The van der Waals surface area contributed by atoms with E-state index in [1.54, 1.807) is 43.0 Å². The first-order valence-corrected chi connectivity index (χ1v) is 8.89. The third kappa shape index (κ3) is 4.20. The first kappa shape index (κ1) is 17.5. The summed E-state index contributed by atoms with van der Waals surface area (Å²) in [6, 6.07) is 6.22. The fraction of sp³-hybridized carbons (Fsp3) is 0.533. The molecule has 21 heavy (non-hydrogen) atoms. The number of carbonyl (C=O) groups is 1. The van der Waals surface area contributed by atoms with Gasteiger partial charge in [0.1, 0.15) is 6.04 Å². The third-order valence-electron chi connectivity index (χ3n) is 3.42. The maximum Gasteiger partial charge on any atom is 0.244 e. The Labute approximate surface area is 127 Å². The van der Waals surface area contributed by atoms with Crippen LogP contribution >= 0.6 is 0 Å². The van der Waals surface area contributed by atoms with Crippen molar-refractivity contribution in [3.63, 3.8) is 0 Å². The number of rotatable bonds is 7. The Bertz CT molecular complexity index is 580. The van der Waals surface area contributed by atoms with Gasteiger partial charge in [0, 0.05) is 13.1 Å². The number of para-hydroxylation sites is 1. The molecule has 1 N–H and O–H groups in total. The SMILES string of the molecule is CCN(CC)C(=O)C(C)Nc1ccccc1S(=O)(=O)CC. The number of hydrogen-bond acceptors (Lipinski definition) is 4. The molecule has 0 saturated carbocycles. The van der Waals surface area contributed by atoms with Crippen LogP contribution in [0.25, 0.3) is 0 Å². The zero-order chi connectivity index (χ0) is 16.0. The summed E-state index contributed by atoms with van der Waals surface area (Å²) in [6.45, 7) is 8.46. The minimum Gasteiger partial charge on any atom is -0.373 e. The van der Waals surface area contributed by atoms with Crippen LogP contribution in [0.1, 0.15) is 27.7 Å². The first-order valence-electron chi connectivity index (χ1n) is 7.24. The molecule has 5 nitrogen and oxygen atoms in total. The molecule has 1 atom stereocenters. The number of anilines is 1.